The number of nitrogens with zero attached hydrogens (tertiary/aromatic N) is 2. The van der Waals surface area contributed by atoms with Crippen LogP contribution in [0.1, 0.15) is 52.4 Å². The summed E-state index contributed by atoms with van der Waals surface area (Å²) in [5.74, 6) is 1.05. The minimum atomic E-state index is -4.10. The van der Waals surface area contributed by atoms with Crippen molar-refractivity contribution in [2.75, 3.05) is 39.3 Å². The number of nitrogens with one attached hydrogen (secondary N) is 2. The topological polar surface area (TPSA) is 39.7 Å². The van der Waals surface area contributed by atoms with Gasteiger partial charge in [-0.25, -0.2) is 0 Å². The molecular formula is C18H34F3IN4. The van der Waals surface area contributed by atoms with Crippen molar-refractivity contribution in [3.05, 3.63) is 0 Å². The van der Waals surface area contributed by atoms with Crippen molar-refractivity contribution in [3.8, 4) is 0 Å². The van der Waals surface area contributed by atoms with Crippen molar-refractivity contribution in [2.24, 2.45) is 16.3 Å². The van der Waals surface area contributed by atoms with Crippen LogP contribution in [0.5, 0.6) is 0 Å². The number of hydrogen-bond acceptors (Lipinski definition) is 2. The molecular weight excluding hydrogens is 456 g/mol. The van der Waals surface area contributed by atoms with E-state index in [-0.39, 0.29) is 29.9 Å². The Labute approximate surface area is 172 Å². The van der Waals surface area contributed by atoms with Crippen LogP contribution >= 0.6 is 24.0 Å². The van der Waals surface area contributed by atoms with Crippen LogP contribution in [0, 0.1) is 11.3 Å². The Balaban J connectivity index is 0.00000338. The molecule has 1 unspecified atom stereocenters. The van der Waals surface area contributed by atoms with Gasteiger partial charge in [-0.15, -0.1) is 24.0 Å². The Kier molecular flexibility index (Phi) is 9.99. The first kappa shape index (κ1) is 23.8. The van der Waals surface area contributed by atoms with Crippen LogP contribution in [-0.2, 0) is 0 Å². The summed E-state index contributed by atoms with van der Waals surface area (Å²) in [4.78, 5) is 6.28. The molecule has 1 saturated carbocycles. The molecule has 0 spiro atoms. The molecule has 4 nitrogen and oxygen atoms in total. The predicted molar refractivity (Wildman–Crippen MR) is 111 cm³/mol. The summed E-state index contributed by atoms with van der Waals surface area (Å²) in [6, 6.07) is 0. The van der Waals surface area contributed by atoms with Crippen LogP contribution in [-0.4, -0.2) is 56.3 Å². The van der Waals surface area contributed by atoms with Crippen LogP contribution < -0.4 is 10.6 Å². The summed E-state index contributed by atoms with van der Waals surface area (Å²) in [7, 11) is 0. The molecule has 154 valence electrons. The zero-order valence-corrected chi connectivity index (χ0v) is 18.3. The molecule has 1 aliphatic heterocycles. The molecule has 1 heterocycles. The van der Waals surface area contributed by atoms with Crippen molar-refractivity contribution in [1.82, 2.24) is 15.5 Å². The van der Waals surface area contributed by atoms with Gasteiger partial charge in [0.2, 0.25) is 0 Å². The minimum absolute atomic E-state index is 0. The van der Waals surface area contributed by atoms with Gasteiger partial charge in [0.25, 0.3) is 0 Å². The molecule has 0 radical (unpaired) electrons. The summed E-state index contributed by atoms with van der Waals surface area (Å²) >= 11 is 0. The van der Waals surface area contributed by atoms with Gasteiger partial charge >= 0.3 is 6.18 Å². The highest BCUT2D eigenvalue weighted by molar-refractivity contribution is 14.0. The molecule has 2 rings (SSSR count). The average Bonchev–Trinajstić information content (AvgIpc) is 3.18. The third-order valence-electron chi connectivity index (χ3n) is 5.66. The summed E-state index contributed by atoms with van der Waals surface area (Å²) < 4.78 is 37.4. The molecule has 0 aromatic carbocycles. The molecule has 0 aromatic rings. The first-order chi connectivity index (χ1) is 11.9. The van der Waals surface area contributed by atoms with Gasteiger partial charge < -0.3 is 10.6 Å². The molecule has 8 heteroatoms. The van der Waals surface area contributed by atoms with E-state index >= 15 is 0 Å². The molecule has 2 aliphatic rings. The van der Waals surface area contributed by atoms with Gasteiger partial charge in [-0.2, -0.15) is 13.2 Å². The molecule has 2 fully saturated rings. The highest BCUT2D eigenvalue weighted by atomic mass is 127. The van der Waals surface area contributed by atoms with E-state index < -0.39 is 12.7 Å². The second kappa shape index (κ2) is 10.9. The highest BCUT2D eigenvalue weighted by Gasteiger charge is 2.34. The SMILES string of the molecule is CCNC(=NCC1(CC)CCCC1)NCC1CCN(CC(F)(F)F)C1.I. The van der Waals surface area contributed by atoms with Crippen LogP contribution in [0.3, 0.4) is 0 Å². The summed E-state index contributed by atoms with van der Waals surface area (Å²) in [5, 5.41) is 6.61. The fourth-order valence-corrected chi connectivity index (χ4v) is 4.05. The summed E-state index contributed by atoms with van der Waals surface area (Å²) in [6.45, 7) is 6.82. The number of likely N-dealkylation sites (tertiary alicyclic amines) is 1. The van der Waals surface area contributed by atoms with Crippen molar-refractivity contribution >= 4 is 29.9 Å². The molecule has 26 heavy (non-hydrogen) atoms. The van der Waals surface area contributed by atoms with Gasteiger partial charge in [-0.1, -0.05) is 19.8 Å². The number of hydrogen-bond donors (Lipinski definition) is 2. The lowest BCUT2D eigenvalue weighted by Crippen LogP contribution is -2.41. The Morgan fingerprint density at radius 2 is 1.88 bits per heavy atom. The Hall–Kier alpha value is -0.250. The molecule has 0 amide bonds. The molecule has 0 aromatic heterocycles. The van der Waals surface area contributed by atoms with Crippen molar-refractivity contribution in [1.29, 1.82) is 0 Å². The number of rotatable bonds is 7. The van der Waals surface area contributed by atoms with Gasteiger partial charge in [-0.3, -0.25) is 9.89 Å². The maximum absolute atomic E-state index is 12.5. The third-order valence-corrected chi connectivity index (χ3v) is 5.66. The van der Waals surface area contributed by atoms with E-state index in [2.05, 4.69) is 17.6 Å². The van der Waals surface area contributed by atoms with Crippen LogP contribution in [0.15, 0.2) is 4.99 Å². The molecule has 0 bridgehead atoms. The fourth-order valence-electron chi connectivity index (χ4n) is 4.05. The van der Waals surface area contributed by atoms with E-state index in [1.807, 2.05) is 6.92 Å². The average molecular weight is 490 g/mol. The maximum Gasteiger partial charge on any atom is 0.401 e. The van der Waals surface area contributed by atoms with E-state index in [9.17, 15) is 13.2 Å². The molecule has 2 N–H and O–H groups in total. The van der Waals surface area contributed by atoms with Gasteiger partial charge in [0, 0.05) is 26.2 Å². The Bertz CT molecular complexity index is 437. The van der Waals surface area contributed by atoms with Crippen molar-refractivity contribution in [3.63, 3.8) is 0 Å². The molecule has 1 atom stereocenters. The number of aliphatic imine (C=N–C) groups is 1. The lowest BCUT2D eigenvalue weighted by Gasteiger charge is -2.26. The standard InChI is InChI=1S/C18H33F3N4.HI/c1-3-17(8-5-6-9-17)13-24-16(22-4-2)23-11-15-7-10-25(12-15)14-18(19,20)21;/h15H,3-14H2,1-2H3,(H2,22,23,24);1H. The van der Waals surface area contributed by atoms with E-state index in [0.29, 0.717) is 25.0 Å². The van der Waals surface area contributed by atoms with E-state index in [0.717, 1.165) is 31.9 Å². The zero-order valence-electron chi connectivity index (χ0n) is 16.0. The van der Waals surface area contributed by atoms with Gasteiger partial charge in [0.1, 0.15) is 0 Å². The first-order valence-corrected chi connectivity index (χ1v) is 9.67. The highest BCUT2D eigenvalue weighted by Crippen LogP contribution is 2.41. The van der Waals surface area contributed by atoms with Gasteiger partial charge in [-0.05, 0) is 50.5 Å². The predicted octanol–water partition coefficient (Wildman–Crippen LogP) is 4.01. The minimum Gasteiger partial charge on any atom is -0.357 e. The maximum atomic E-state index is 12.5. The Morgan fingerprint density at radius 1 is 1.19 bits per heavy atom. The lowest BCUT2D eigenvalue weighted by molar-refractivity contribution is -0.143. The van der Waals surface area contributed by atoms with Crippen LogP contribution in [0.25, 0.3) is 0 Å². The fraction of sp³-hybridized carbons (Fsp3) is 0.944. The van der Waals surface area contributed by atoms with Crippen LogP contribution in [0.2, 0.25) is 0 Å². The number of halogens is 4. The lowest BCUT2D eigenvalue weighted by atomic mass is 9.84. The van der Waals surface area contributed by atoms with E-state index in [4.69, 9.17) is 4.99 Å². The number of alkyl halides is 3. The molecule has 1 saturated heterocycles. The Morgan fingerprint density at radius 3 is 2.46 bits per heavy atom. The van der Waals surface area contributed by atoms with Gasteiger partial charge in [0.15, 0.2) is 5.96 Å². The summed E-state index contributed by atoms with van der Waals surface area (Å²) in [6.07, 6.45) is 2.96. The third kappa shape index (κ3) is 7.78. The largest absolute Gasteiger partial charge is 0.401 e. The zero-order chi connectivity index (χ0) is 18.3. The molecule has 1 aliphatic carbocycles. The number of guanidine groups is 1. The van der Waals surface area contributed by atoms with E-state index in [1.165, 1.54) is 30.6 Å². The second-order valence-corrected chi connectivity index (χ2v) is 7.64. The summed E-state index contributed by atoms with van der Waals surface area (Å²) in [5.41, 5.74) is 0.346. The van der Waals surface area contributed by atoms with Crippen LogP contribution in [0.4, 0.5) is 13.2 Å². The quantitative estimate of drug-likeness (QED) is 0.322. The first-order valence-electron chi connectivity index (χ1n) is 9.67. The monoisotopic (exact) mass is 490 g/mol. The smallest absolute Gasteiger partial charge is 0.357 e. The normalized spacial score (nSPS) is 23.7. The van der Waals surface area contributed by atoms with Crippen molar-refractivity contribution < 1.29 is 13.2 Å². The van der Waals surface area contributed by atoms with Crippen molar-refractivity contribution in [2.45, 2.75) is 58.5 Å². The van der Waals surface area contributed by atoms with Gasteiger partial charge in [0.05, 0.1) is 6.54 Å². The second-order valence-electron chi connectivity index (χ2n) is 7.64. The van der Waals surface area contributed by atoms with E-state index in [1.54, 1.807) is 0 Å².